The summed E-state index contributed by atoms with van der Waals surface area (Å²) < 4.78 is 24.6. The number of carbonyl (C=O) groups excluding carboxylic acids is 1. The van der Waals surface area contributed by atoms with Crippen LogP contribution < -0.4 is 9.47 Å². The second-order valence-corrected chi connectivity index (χ2v) is 5.11. The van der Waals surface area contributed by atoms with Crippen molar-refractivity contribution in [3.05, 3.63) is 57.8 Å². The Morgan fingerprint density at radius 3 is 2.29 bits per heavy atom. The van der Waals surface area contributed by atoms with Crippen LogP contribution in [0.5, 0.6) is 11.5 Å². The molecular weight excluding hydrogens is 339 g/mol. The highest BCUT2D eigenvalue weighted by Crippen LogP contribution is 2.27. The maximum atomic E-state index is 13.7. The molecule has 0 N–H and O–H groups in total. The average molecular weight is 353 g/mol. The van der Waals surface area contributed by atoms with Gasteiger partial charge in [-0.25, -0.2) is 4.39 Å². The van der Waals surface area contributed by atoms with Gasteiger partial charge in [-0.3, -0.25) is 4.79 Å². The van der Waals surface area contributed by atoms with Crippen molar-refractivity contribution in [1.29, 1.82) is 0 Å². The second-order valence-electron chi connectivity index (χ2n) is 4.26. The van der Waals surface area contributed by atoms with E-state index < -0.39 is 5.82 Å². The lowest BCUT2D eigenvalue weighted by molar-refractivity contribution is 0.103. The summed E-state index contributed by atoms with van der Waals surface area (Å²) in [6.45, 7) is 2.42. The molecule has 5 heteroatoms. The molecule has 0 unspecified atom stereocenters. The Hall–Kier alpha value is -1.88. The topological polar surface area (TPSA) is 35.5 Å². The number of ketones is 1. The van der Waals surface area contributed by atoms with Crippen molar-refractivity contribution in [2.45, 2.75) is 6.92 Å². The summed E-state index contributed by atoms with van der Waals surface area (Å²) in [6.07, 6.45) is 0. The van der Waals surface area contributed by atoms with Gasteiger partial charge in [0.1, 0.15) is 5.75 Å². The first-order valence-electron chi connectivity index (χ1n) is 6.37. The summed E-state index contributed by atoms with van der Waals surface area (Å²) in [5, 5.41) is 0. The Kier molecular flexibility index (Phi) is 4.96. The minimum atomic E-state index is -0.562. The molecule has 0 amide bonds. The SMILES string of the molecule is CCOc1ccc(C(=O)c2ccc(OC)c(F)c2)cc1Br. The van der Waals surface area contributed by atoms with Crippen LogP contribution in [0.15, 0.2) is 40.9 Å². The van der Waals surface area contributed by atoms with Crippen molar-refractivity contribution in [3.63, 3.8) is 0 Å². The van der Waals surface area contributed by atoms with Crippen LogP contribution in [0.25, 0.3) is 0 Å². The van der Waals surface area contributed by atoms with E-state index in [-0.39, 0.29) is 17.1 Å². The summed E-state index contributed by atoms with van der Waals surface area (Å²) in [4.78, 5) is 12.4. The molecule has 0 heterocycles. The minimum absolute atomic E-state index is 0.111. The Morgan fingerprint density at radius 2 is 1.76 bits per heavy atom. The van der Waals surface area contributed by atoms with E-state index in [9.17, 15) is 9.18 Å². The molecule has 3 nitrogen and oxygen atoms in total. The second kappa shape index (κ2) is 6.72. The molecule has 0 aliphatic carbocycles. The van der Waals surface area contributed by atoms with Gasteiger partial charge in [-0.2, -0.15) is 0 Å². The molecular formula is C16H14BrFO3. The molecule has 0 atom stereocenters. The van der Waals surface area contributed by atoms with E-state index in [0.717, 1.165) is 0 Å². The maximum Gasteiger partial charge on any atom is 0.193 e. The van der Waals surface area contributed by atoms with E-state index in [0.29, 0.717) is 22.4 Å². The van der Waals surface area contributed by atoms with E-state index >= 15 is 0 Å². The van der Waals surface area contributed by atoms with Crippen molar-refractivity contribution in [1.82, 2.24) is 0 Å². The maximum absolute atomic E-state index is 13.7. The molecule has 21 heavy (non-hydrogen) atoms. The molecule has 2 aromatic carbocycles. The molecule has 0 fully saturated rings. The molecule has 110 valence electrons. The summed E-state index contributed by atoms with van der Waals surface area (Å²) in [5.74, 6) is -0.0527. The fourth-order valence-electron chi connectivity index (χ4n) is 1.89. The third-order valence-electron chi connectivity index (χ3n) is 2.91. The first-order chi connectivity index (χ1) is 10.1. The number of hydrogen-bond acceptors (Lipinski definition) is 3. The van der Waals surface area contributed by atoms with Gasteiger partial charge in [-0.15, -0.1) is 0 Å². The predicted octanol–water partition coefficient (Wildman–Crippen LogP) is 4.23. The summed E-state index contributed by atoms with van der Waals surface area (Å²) in [6, 6.07) is 9.17. The Bertz CT molecular complexity index is 671. The number of ether oxygens (including phenoxy) is 2. The van der Waals surface area contributed by atoms with Crippen LogP contribution in [0, 0.1) is 5.82 Å². The van der Waals surface area contributed by atoms with Crippen LogP contribution >= 0.6 is 15.9 Å². The zero-order chi connectivity index (χ0) is 15.4. The molecule has 0 aliphatic heterocycles. The summed E-state index contributed by atoms with van der Waals surface area (Å²) in [7, 11) is 1.38. The molecule has 0 radical (unpaired) electrons. The Balaban J connectivity index is 2.31. The van der Waals surface area contributed by atoms with Gasteiger partial charge in [-0.1, -0.05) is 0 Å². The number of rotatable bonds is 5. The van der Waals surface area contributed by atoms with Gasteiger partial charge in [-0.05, 0) is 59.3 Å². The van der Waals surface area contributed by atoms with Crippen molar-refractivity contribution >= 4 is 21.7 Å². The highest BCUT2D eigenvalue weighted by molar-refractivity contribution is 9.10. The average Bonchev–Trinajstić information content (AvgIpc) is 2.48. The fraction of sp³-hybridized carbons (Fsp3) is 0.188. The molecule has 0 saturated carbocycles. The largest absolute Gasteiger partial charge is 0.494 e. The van der Waals surface area contributed by atoms with Crippen molar-refractivity contribution < 1.29 is 18.7 Å². The molecule has 0 aromatic heterocycles. The van der Waals surface area contributed by atoms with Crippen molar-refractivity contribution in [3.8, 4) is 11.5 Å². The van der Waals surface area contributed by atoms with Crippen LogP contribution in [-0.2, 0) is 0 Å². The van der Waals surface area contributed by atoms with E-state index in [2.05, 4.69) is 15.9 Å². The van der Waals surface area contributed by atoms with Gasteiger partial charge in [0.25, 0.3) is 0 Å². The first kappa shape index (κ1) is 15.5. The number of methoxy groups -OCH3 is 1. The van der Waals surface area contributed by atoms with Gasteiger partial charge in [0.05, 0.1) is 18.2 Å². The van der Waals surface area contributed by atoms with Crippen LogP contribution in [0.3, 0.4) is 0 Å². The van der Waals surface area contributed by atoms with Crippen LogP contribution in [0.1, 0.15) is 22.8 Å². The highest BCUT2D eigenvalue weighted by Gasteiger charge is 2.14. The van der Waals surface area contributed by atoms with Gasteiger partial charge in [0.15, 0.2) is 17.3 Å². The van der Waals surface area contributed by atoms with Crippen molar-refractivity contribution in [2.75, 3.05) is 13.7 Å². The first-order valence-corrected chi connectivity index (χ1v) is 7.16. The lowest BCUT2D eigenvalue weighted by Gasteiger charge is -2.08. The lowest BCUT2D eigenvalue weighted by Crippen LogP contribution is -2.03. The van der Waals surface area contributed by atoms with Gasteiger partial charge in [0.2, 0.25) is 0 Å². The Morgan fingerprint density at radius 1 is 1.14 bits per heavy atom. The molecule has 0 saturated heterocycles. The van der Waals surface area contributed by atoms with Crippen LogP contribution in [0.2, 0.25) is 0 Å². The Labute approximate surface area is 130 Å². The fourth-order valence-corrected chi connectivity index (χ4v) is 2.38. The zero-order valence-electron chi connectivity index (χ0n) is 11.7. The number of hydrogen-bond donors (Lipinski definition) is 0. The number of halogens is 2. The van der Waals surface area contributed by atoms with E-state index in [1.165, 1.54) is 25.3 Å². The van der Waals surface area contributed by atoms with E-state index in [1.54, 1.807) is 18.2 Å². The summed E-state index contributed by atoms with van der Waals surface area (Å²) in [5.41, 5.74) is 0.722. The van der Waals surface area contributed by atoms with Gasteiger partial charge in [0, 0.05) is 11.1 Å². The predicted molar refractivity (Wildman–Crippen MR) is 81.7 cm³/mol. The smallest absolute Gasteiger partial charge is 0.193 e. The molecule has 0 bridgehead atoms. The normalized spacial score (nSPS) is 10.3. The molecule has 0 aliphatic rings. The third kappa shape index (κ3) is 3.42. The third-order valence-corrected chi connectivity index (χ3v) is 3.53. The number of carbonyl (C=O) groups is 1. The van der Waals surface area contributed by atoms with Crippen molar-refractivity contribution in [2.24, 2.45) is 0 Å². The highest BCUT2D eigenvalue weighted by atomic mass is 79.9. The summed E-state index contributed by atoms with van der Waals surface area (Å²) >= 11 is 3.35. The minimum Gasteiger partial charge on any atom is -0.494 e. The van der Waals surface area contributed by atoms with Crippen LogP contribution in [-0.4, -0.2) is 19.5 Å². The van der Waals surface area contributed by atoms with E-state index in [1.807, 2.05) is 6.92 Å². The molecule has 0 spiro atoms. The standard InChI is InChI=1S/C16H14BrFO3/c1-3-21-14-6-4-10(8-12(14)17)16(19)11-5-7-15(20-2)13(18)9-11/h4-9H,3H2,1-2H3. The molecule has 2 rings (SSSR count). The van der Waals surface area contributed by atoms with E-state index in [4.69, 9.17) is 9.47 Å². The van der Waals surface area contributed by atoms with Gasteiger partial charge >= 0.3 is 0 Å². The molecule has 2 aromatic rings. The quantitative estimate of drug-likeness (QED) is 0.755. The number of benzene rings is 2. The lowest BCUT2D eigenvalue weighted by atomic mass is 10.0. The monoisotopic (exact) mass is 352 g/mol. The van der Waals surface area contributed by atoms with Gasteiger partial charge < -0.3 is 9.47 Å². The van der Waals surface area contributed by atoms with Crippen LogP contribution in [0.4, 0.5) is 4.39 Å². The zero-order valence-corrected chi connectivity index (χ0v) is 13.2.